The van der Waals surface area contributed by atoms with Crippen LogP contribution >= 0.6 is 11.3 Å². The number of fused-ring (bicyclic) bond motifs is 2. The fraction of sp³-hybridized carbons (Fsp3) is 0.486. The molecular formula is C35H43F3N8OS. The number of thiophene rings is 1. The molecule has 0 saturated carbocycles. The number of carbonyl (C=O) groups is 1. The van der Waals surface area contributed by atoms with Crippen molar-refractivity contribution in [3.05, 3.63) is 64.9 Å². The second-order valence-corrected chi connectivity index (χ2v) is 13.7. The van der Waals surface area contributed by atoms with Crippen LogP contribution in [0.4, 0.5) is 19.0 Å². The first-order chi connectivity index (χ1) is 23.1. The topological polar surface area (TPSA) is 93.3 Å². The highest BCUT2D eigenvalue weighted by Crippen LogP contribution is 2.33. The lowest BCUT2D eigenvalue weighted by Gasteiger charge is -2.33. The van der Waals surface area contributed by atoms with Crippen LogP contribution < -0.4 is 5.32 Å². The molecule has 0 amide bonds. The Hall–Kier alpha value is -3.83. The molecule has 6 rings (SSSR count). The Bertz CT molecular complexity index is 1750. The zero-order valence-electron chi connectivity index (χ0n) is 27.6. The lowest BCUT2D eigenvalue weighted by atomic mass is 10.0. The van der Waals surface area contributed by atoms with E-state index < -0.39 is 12.6 Å². The third kappa shape index (κ3) is 8.99. The van der Waals surface area contributed by atoms with Crippen molar-refractivity contribution >= 4 is 44.6 Å². The Balaban J connectivity index is 0.00000107. The van der Waals surface area contributed by atoms with Crippen molar-refractivity contribution < 1.29 is 18.0 Å². The van der Waals surface area contributed by atoms with Gasteiger partial charge in [-0.3, -0.25) is 9.69 Å². The van der Waals surface area contributed by atoms with Gasteiger partial charge in [0.25, 0.3) is 0 Å². The van der Waals surface area contributed by atoms with Gasteiger partial charge < -0.3 is 19.7 Å². The number of likely N-dealkylation sites (tertiary alicyclic amines) is 1. The molecule has 0 atom stereocenters. The first-order valence-corrected chi connectivity index (χ1v) is 17.2. The van der Waals surface area contributed by atoms with Crippen LogP contribution in [0, 0.1) is 18.3 Å². The van der Waals surface area contributed by atoms with E-state index in [2.05, 4.69) is 73.3 Å². The summed E-state index contributed by atoms with van der Waals surface area (Å²) in [5.74, 6) is 0.611. The van der Waals surface area contributed by atoms with E-state index in [0.29, 0.717) is 28.0 Å². The Morgan fingerprint density at radius 2 is 1.83 bits per heavy atom. The number of likely N-dealkylation sites (N-methyl/N-ethyl adjacent to an activating group) is 1. The van der Waals surface area contributed by atoms with Crippen molar-refractivity contribution in [1.29, 1.82) is 5.26 Å². The zero-order valence-corrected chi connectivity index (χ0v) is 28.4. The molecule has 13 heteroatoms. The lowest BCUT2D eigenvalue weighted by Crippen LogP contribution is -2.39. The number of hydrogen-bond acceptors (Lipinski definition) is 9. The van der Waals surface area contributed by atoms with Gasteiger partial charge in [0.1, 0.15) is 35.0 Å². The summed E-state index contributed by atoms with van der Waals surface area (Å²) in [5, 5.41) is 15.2. The molecule has 9 nitrogen and oxygen atoms in total. The number of nitriles is 1. The van der Waals surface area contributed by atoms with Crippen LogP contribution in [0.2, 0.25) is 0 Å². The van der Waals surface area contributed by atoms with Crippen molar-refractivity contribution in [3.63, 3.8) is 0 Å². The van der Waals surface area contributed by atoms with Gasteiger partial charge in [0.2, 0.25) is 0 Å². The number of hydrogen-bond donors (Lipinski definition) is 1. The number of benzene rings is 1. The van der Waals surface area contributed by atoms with Gasteiger partial charge in [0.15, 0.2) is 0 Å². The van der Waals surface area contributed by atoms with E-state index in [1.54, 1.807) is 6.07 Å². The standard InChI is InChI=1S/C32H39F3N8S.C3H4O/c1-22-23(4-5-29-27(22)16-25(19-36)43(29)15-14-41-9-3-8-40(2)12-13-41)20-42-10-6-24(7-11-42)39-30-28-17-26(18-32(33,34)35)44-31(28)38-21-37-30;1-2-3-4/h4-5,16-17,21,24H,3,6-15,18,20H2,1-2H3,(H,37,38,39);2-3H,1H2. The first kappa shape index (κ1) is 35.5. The smallest absolute Gasteiger partial charge is 0.367 e. The highest BCUT2D eigenvalue weighted by atomic mass is 32.1. The quantitative estimate of drug-likeness (QED) is 0.170. The summed E-state index contributed by atoms with van der Waals surface area (Å²) in [6, 6.07) is 10.6. The van der Waals surface area contributed by atoms with Crippen LogP contribution in [0.5, 0.6) is 0 Å². The molecule has 0 spiro atoms. The van der Waals surface area contributed by atoms with Crippen molar-refractivity contribution in [3.8, 4) is 6.07 Å². The fourth-order valence-corrected chi connectivity index (χ4v) is 7.59. The summed E-state index contributed by atoms with van der Waals surface area (Å²) in [5.41, 5.74) is 4.34. The van der Waals surface area contributed by atoms with Gasteiger partial charge in [0, 0.05) is 67.6 Å². The van der Waals surface area contributed by atoms with E-state index in [1.165, 1.54) is 30.0 Å². The third-order valence-electron chi connectivity index (χ3n) is 9.21. The molecule has 256 valence electrons. The van der Waals surface area contributed by atoms with Crippen molar-refractivity contribution in [2.75, 3.05) is 58.2 Å². The molecule has 1 N–H and O–H groups in total. The molecule has 3 aromatic heterocycles. The SMILES string of the molecule is C=CC=O.Cc1c(CN2CCC(Nc3ncnc4sc(CC(F)(F)F)cc34)CC2)ccc2c1cc(C#N)n2CCN1CCCN(C)CC1. The maximum absolute atomic E-state index is 12.9. The number of carbonyl (C=O) groups excluding carboxylic acids is 1. The van der Waals surface area contributed by atoms with Crippen molar-refractivity contribution in [1.82, 2.24) is 29.2 Å². The zero-order chi connectivity index (χ0) is 34.3. The summed E-state index contributed by atoms with van der Waals surface area (Å²) in [6.45, 7) is 14.1. The number of aromatic nitrogens is 3. The monoisotopic (exact) mass is 680 g/mol. The molecule has 0 bridgehead atoms. The number of anilines is 1. The number of nitrogens with one attached hydrogen (secondary N) is 1. The van der Waals surface area contributed by atoms with Gasteiger partial charge >= 0.3 is 6.18 Å². The molecule has 5 heterocycles. The van der Waals surface area contributed by atoms with Crippen LogP contribution in [0.1, 0.15) is 41.0 Å². The number of halogens is 3. The molecule has 2 saturated heterocycles. The maximum Gasteiger partial charge on any atom is 0.393 e. The Morgan fingerprint density at radius 3 is 2.54 bits per heavy atom. The molecule has 0 aliphatic carbocycles. The molecule has 2 aliphatic heterocycles. The van der Waals surface area contributed by atoms with E-state index in [1.807, 2.05) is 6.07 Å². The van der Waals surface area contributed by atoms with E-state index in [-0.39, 0.29) is 10.9 Å². The number of nitrogens with zero attached hydrogens (tertiary/aromatic N) is 7. The minimum absolute atomic E-state index is 0.190. The minimum Gasteiger partial charge on any atom is -0.367 e. The van der Waals surface area contributed by atoms with E-state index in [9.17, 15) is 18.4 Å². The van der Waals surface area contributed by atoms with Gasteiger partial charge in [0.05, 0.1) is 11.8 Å². The van der Waals surface area contributed by atoms with Crippen LogP contribution in [-0.4, -0.2) is 101 Å². The first-order valence-electron chi connectivity index (χ1n) is 16.4. The largest absolute Gasteiger partial charge is 0.393 e. The predicted molar refractivity (Wildman–Crippen MR) is 185 cm³/mol. The van der Waals surface area contributed by atoms with E-state index in [4.69, 9.17) is 4.79 Å². The molecule has 48 heavy (non-hydrogen) atoms. The fourth-order valence-electron chi connectivity index (χ4n) is 6.57. The van der Waals surface area contributed by atoms with Crippen LogP contribution in [-0.2, 0) is 24.3 Å². The molecule has 1 aromatic carbocycles. The molecule has 0 radical (unpaired) electrons. The lowest BCUT2D eigenvalue weighted by molar-refractivity contribution is -0.126. The summed E-state index contributed by atoms with van der Waals surface area (Å²) in [6.07, 6.45) is 1.06. The van der Waals surface area contributed by atoms with Gasteiger partial charge in [-0.25, -0.2) is 9.97 Å². The average molecular weight is 681 g/mol. The summed E-state index contributed by atoms with van der Waals surface area (Å²) in [4.78, 5) is 25.8. The number of rotatable bonds is 9. The Kier molecular flexibility index (Phi) is 11.9. The summed E-state index contributed by atoms with van der Waals surface area (Å²) in [7, 11) is 2.18. The average Bonchev–Trinajstić information content (AvgIpc) is 3.57. The number of allylic oxidation sites excluding steroid dienone is 1. The second kappa shape index (κ2) is 16.0. The van der Waals surface area contributed by atoms with E-state index in [0.717, 1.165) is 94.0 Å². The summed E-state index contributed by atoms with van der Waals surface area (Å²) >= 11 is 1.08. The molecular weight excluding hydrogens is 638 g/mol. The molecule has 2 fully saturated rings. The molecule has 2 aliphatic rings. The number of aldehydes is 1. The minimum atomic E-state index is -4.25. The molecule has 0 unspecified atom stereocenters. The number of aryl methyl sites for hydroxylation is 1. The molecule has 4 aromatic rings. The van der Waals surface area contributed by atoms with Gasteiger partial charge in [-0.05, 0) is 81.7 Å². The van der Waals surface area contributed by atoms with Crippen molar-refractivity contribution in [2.45, 2.75) is 57.9 Å². The van der Waals surface area contributed by atoms with Crippen molar-refractivity contribution in [2.24, 2.45) is 0 Å². The van der Waals surface area contributed by atoms with Gasteiger partial charge in [-0.2, -0.15) is 18.4 Å². The maximum atomic E-state index is 12.9. The summed E-state index contributed by atoms with van der Waals surface area (Å²) < 4.78 is 41.0. The van der Waals surface area contributed by atoms with Gasteiger partial charge in [-0.15, -0.1) is 11.3 Å². The highest BCUT2D eigenvalue weighted by Gasteiger charge is 2.29. The Morgan fingerprint density at radius 1 is 1.06 bits per heavy atom. The van der Waals surface area contributed by atoms with Crippen LogP contribution in [0.3, 0.4) is 0 Å². The van der Waals surface area contributed by atoms with Crippen LogP contribution in [0.15, 0.2) is 43.2 Å². The highest BCUT2D eigenvalue weighted by molar-refractivity contribution is 7.18. The van der Waals surface area contributed by atoms with Crippen LogP contribution in [0.25, 0.3) is 21.1 Å². The second-order valence-electron chi connectivity index (χ2n) is 12.6. The predicted octanol–water partition coefficient (Wildman–Crippen LogP) is 6.02. The Labute approximate surface area is 283 Å². The van der Waals surface area contributed by atoms with E-state index >= 15 is 0 Å². The number of piperidine rings is 1. The number of alkyl halides is 3. The normalized spacial score (nSPS) is 17.1. The van der Waals surface area contributed by atoms with Gasteiger partial charge in [-0.1, -0.05) is 12.6 Å². The third-order valence-corrected chi connectivity index (χ3v) is 10.2.